The van der Waals surface area contributed by atoms with Crippen molar-refractivity contribution >= 4 is 17.6 Å². The topological polar surface area (TPSA) is 89.2 Å². The van der Waals surface area contributed by atoms with Crippen LogP contribution in [0.15, 0.2) is 28.2 Å². The van der Waals surface area contributed by atoms with Gasteiger partial charge >= 0.3 is 0 Å². The van der Waals surface area contributed by atoms with Crippen molar-refractivity contribution in [2.75, 3.05) is 11.5 Å². The molecule has 1 aliphatic heterocycles. The Kier molecular flexibility index (Phi) is 4.11. The van der Waals surface area contributed by atoms with Gasteiger partial charge in [0.1, 0.15) is 17.1 Å². The number of anilines is 1. The van der Waals surface area contributed by atoms with Gasteiger partial charge in [-0.1, -0.05) is 12.5 Å². The fourth-order valence-electron chi connectivity index (χ4n) is 3.43. The molecule has 6 nitrogen and oxygen atoms in total. The highest BCUT2D eigenvalue weighted by atomic mass is 19.1. The summed E-state index contributed by atoms with van der Waals surface area (Å²) >= 11 is 0. The number of aliphatic imine (C=N–C) groups is 2. The van der Waals surface area contributed by atoms with Crippen LogP contribution in [0.2, 0.25) is 0 Å². The minimum Gasteiger partial charge on any atom is -0.492 e. The van der Waals surface area contributed by atoms with Gasteiger partial charge in [-0.2, -0.15) is 4.99 Å². The number of halogens is 1. The summed E-state index contributed by atoms with van der Waals surface area (Å²) in [4.78, 5) is 10.3. The van der Waals surface area contributed by atoms with Gasteiger partial charge in [-0.15, -0.1) is 0 Å². The van der Waals surface area contributed by atoms with Crippen molar-refractivity contribution in [3.05, 3.63) is 24.0 Å². The molecule has 0 aromatic heterocycles. The zero-order chi connectivity index (χ0) is 16.4. The van der Waals surface area contributed by atoms with Gasteiger partial charge in [-0.25, -0.2) is 9.38 Å². The number of hydrogen-bond acceptors (Lipinski definition) is 6. The Bertz CT molecular complexity index is 652. The first kappa shape index (κ1) is 15.6. The highest BCUT2D eigenvalue weighted by Crippen LogP contribution is 2.43. The Hall–Kier alpha value is -2.31. The molecule has 0 bridgehead atoms. The van der Waals surface area contributed by atoms with E-state index in [1.54, 1.807) is 17.0 Å². The van der Waals surface area contributed by atoms with Crippen LogP contribution in [-0.2, 0) is 0 Å². The SMILES string of the molecule is CCOc1cccc(F)c1N1C(N)=NC(N)=NC12CCCCC2. The molecule has 1 aromatic carbocycles. The fraction of sp³-hybridized carbons (Fsp3) is 0.500. The first-order valence-electron chi connectivity index (χ1n) is 7.98. The smallest absolute Gasteiger partial charge is 0.220 e. The van der Waals surface area contributed by atoms with Crippen molar-refractivity contribution in [3.63, 3.8) is 0 Å². The molecule has 124 valence electrons. The summed E-state index contributed by atoms with van der Waals surface area (Å²) in [5.41, 5.74) is 11.6. The monoisotopic (exact) mass is 319 g/mol. The first-order chi connectivity index (χ1) is 11.1. The molecule has 0 radical (unpaired) electrons. The van der Waals surface area contributed by atoms with Gasteiger partial charge in [-0.05, 0) is 44.7 Å². The largest absolute Gasteiger partial charge is 0.492 e. The van der Waals surface area contributed by atoms with Crippen molar-refractivity contribution in [2.24, 2.45) is 21.5 Å². The van der Waals surface area contributed by atoms with Gasteiger partial charge in [0.15, 0.2) is 5.82 Å². The van der Waals surface area contributed by atoms with E-state index in [0.717, 1.165) is 32.1 Å². The van der Waals surface area contributed by atoms with Gasteiger partial charge in [0.25, 0.3) is 0 Å². The maximum atomic E-state index is 14.7. The number of guanidine groups is 2. The molecule has 0 amide bonds. The second kappa shape index (κ2) is 6.06. The lowest BCUT2D eigenvalue weighted by Gasteiger charge is -2.45. The Morgan fingerprint density at radius 3 is 2.70 bits per heavy atom. The highest BCUT2D eigenvalue weighted by molar-refractivity contribution is 6.06. The van der Waals surface area contributed by atoms with Gasteiger partial charge in [0.05, 0.1) is 6.61 Å². The van der Waals surface area contributed by atoms with E-state index in [0.29, 0.717) is 12.4 Å². The molecule has 1 fully saturated rings. The molecule has 1 aromatic rings. The maximum Gasteiger partial charge on any atom is 0.220 e. The Balaban J connectivity index is 2.14. The number of hydrogen-bond donors (Lipinski definition) is 2. The molecule has 1 heterocycles. The standard InChI is InChI=1S/C16H22FN5O/c1-2-23-12-8-6-7-11(17)13(12)22-15(19)20-14(18)21-16(22)9-4-3-5-10-16/h6-8H,2-5,9-10H2,1H3,(H4,18,19,20,21). The normalized spacial score (nSPS) is 20.2. The van der Waals surface area contributed by atoms with Crippen molar-refractivity contribution in [1.82, 2.24) is 0 Å². The molecule has 7 heteroatoms. The van der Waals surface area contributed by atoms with Crippen molar-refractivity contribution in [3.8, 4) is 5.75 Å². The summed E-state index contributed by atoms with van der Waals surface area (Å²) in [7, 11) is 0. The van der Waals surface area contributed by atoms with Gasteiger partial charge in [-0.3, -0.25) is 4.90 Å². The minimum atomic E-state index is -0.678. The molecule has 0 unspecified atom stereocenters. The molecule has 3 rings (SSSR count). The summed E-state index contributed by atoms with van der Waals surface area (Å²) < 4.78 is 20.3. The van der Waals surface area contributed by atoms with Gasteiger partial charge < -0.3 is 16.2 Å². The number of para-hydroxylation sites is 1. The number of nitrogens with two attached hydrogens (primary N) is 2. The second-order valence-corrected chi connectivity index (χ2v) is 5.84. The predicted octanol–water partition coefficient (Wildman–Crippen LogP) is 2.33. The van der Waals surface area contributed by atoms with Gasteiger partial charge in [0, 0.05) is 0 Å². The van der Waals surface area contributed by atoms with Crippen molar-refractivity contribution < 1.29 is 9.13 Å². The van der Waals surface area contributed by atoms with Crippen LogP contribution in [0.25, 0.3) is 0 Å². The molecule has 23 heavy (non-hydrogen) atoms. The quantitative estimate of drug-likeness (QED) is 0.895. The highest BCUT2D eigenvalue weighted by Gasteiger charge is 2.44. The molecule has 4 N–H and O–H groups in total. The minimum absolute atomic E-state index is 0.148. The van der Waals surface area contributed by atoms with Crippen LogP contribution in [0.4, 0.5) is 10.1 Å². The molecule has 0 saturated heterocycles. The summed E-state index contributed by atoms with van der Waals surface area (Å²) in [6, 6.07) is 4.74. The fourth-order valence-corrected chi connectivity index (χ4v) is 3.43. The van der Waals surface area contributed by atoms with Crippen LogP contribution in [0.1, 0.15) is 39.0 Å². The third kappa shape index (κ3) is 2.71. The van der Waals surface area contributed by atoms with Crippen LogP contribution in [0.5, 0.6) is 5.75 Å². The van der Waals surface area contributed by atoms with E-state index in [4.69, 9.17) is 16.2 Å². The van der Waals surface area contributed by atoms with Crippen LogP contribution in [0.3, 0.4) is 0 Å². The summed E-state index contributed by atoms with van der Waals surface area (Å²) in [6.07, 6.45) is 4.60. The van der Waals surface area contributed by atoms with E-state index >= 15 is 0 Å². The van der Waals surface area contributed by atoms with Crippen LogP contribution in [-0.4, -0.2) is 24.2 Å². The summed E-state index contributed by atoms with van der Waals surface area (Å²) in [5, 5.41) is 0. The van der Waals surface area contributed by atoms with E-state index in [2.05, 4.69) is 9.98 Å². The zero-order valence-corrected chi connectivity index (χ0v) is 13.3. The van der Waals surface area contributed by atoms with Crippen molar-refractivity contribution in [2.45, 2.75) is 44.7 Å². The van der Waals surface area contributed by atoms with Crippen LogP contribution in [0, 0.1) is 5.82 Å². The first-order valence-corrected chi connectivity index (χ1v) is 7.98. The third-order valence-corrected chi connectivity index (χ3v) is 4.32. The van der Waals surface area contributed by atoms with Gasteiger partial charge in [0.2, 0.25) is 11.9 Å². The maximum absolute atomic E-state index is 14.7. The molecule has 1 aliphatic carbocycles. The molecular weight excluding hydrogens is 297 g/mol. The average Bonchev–Trinajstić information content (AvgIpc) is 2.50. The molecular formula is C16H22FN5O. The average molecular weight is 319 g/mol. The zero-order valence-electron chi connectivity index (χ0n) is 13.3. The van der Waals surface area contributed by atoms with Crippen LogP contribution < -0.4 is 21.1 Å². The number of ether oxygens (including phenoxy) is 1. The van der Waals surface area contributed by atoms with E-state index in [1.165, 1.54) is 6.07 Å². The lowest BCUT2D eigenvalue weighted by molar-refractivity contribution is 0.296. The lowest BCUT2D eigenvalue weighted by Crippen LogP contribution is -2.58. The predicted molar refractivity (Wildman–Crippen MR) is 89.1 cm³/mol. The Morgan fingerprint density at radius 1 is 1.26 bits per heavy atom. The molecule has 0 atom stereocenters. The molecule has 1 spiro atoms. The number of rotatable bonds is 3. The number of benzene rings is 1. The Morgan fingerprint density at radius 2 is 2.00 bits per heavy atom. The van der Waals surface area contributed by atoms with Crippen LogP contribution >= 0.6 is 0 Å². The molecule has 2 aliphatic rings. The van der Waals surface area contributed by atoms with E-state index < -0.39 is 11.5 Å². The lowest BCUT2D eigenvalue weighted by atomic mass is 9.87. The van der Waals surface area contributed by atoms with E-state index in [-0.39, 0.29) is 17.6 Å². The van der Waals surface area contributed by atoms with E-state index in [1.807, 2.05) is 6.92 Å². The second-order valence-electron chi connectivity index (χ2n) is 5.84. The number of nitrogens with zero attached hydrogens (tertiary/aromatic N) is 3. The summed E-state index contributed by atoms with van der Waals surface area (Å²) in [5.74, 6) is 0.335. The Labute approximate surface area is 135 Å². The van der Waals surface area contributed by atoms with E-state index in [9.17, 15) is 4.39 Å². The summed E-state index contributed by atoms with van der Waals surface area (Å²) in [6.45, 7) is 2.29. The molecule has 1 saturated carbocycles. The van der Waals surface area contributed by atoms with Crippen molar-refractivity contribution in [1.29, 1.82) is 0 Å². The third-order valence-electron chi connectivity index (χ3n) is 4.32.